The number of benzene rings is 3. The molecule has 0 bridgehead atoms. The fourth-order valence-corrected chi connectivity index (χ4v) is 4.56. The standard InChI is InChI=1S/C26H24FN5O/c1-17-24-13-12-23(33-2)15-20(24)16-25(32(17)22-10-8-21(27)9-11-22)19-6-3-18(4-7-19)5-14-26-28-30-31-29-26/h3-15,17,25H,16H2,1-2H3,(H,28,29,30,31)/b14-5+. The van der Waals surface area contributed by atoms with E-state index in [2.05, 4.69) is 68.8 Å². The Kier molecular flexibility index (Phi) is 5.60. The lowest BCUT2D eigenvalue weighted by atomic mass is 9.85. The van der Waals surface area contributed by atoms with Crippen LogP contribution in [0.1, 0.15) is 47.1 Å². The number of aromatic nitrogens is 4. The maximum Gasteiger partial charge on any atom is 0.197 e. The molecule has 5 rings (SSSR count). The molecule has 0 saturated heterocycles. The Morgan fingerprint density at radius 1 is 1.03 bits per heavy atom. The highest BCUT2D eigenvalue weighted by Gasteiger charge is 2.33. The minimum atomic E-state index is -0.233. The van der Waals surface area contributed by atoms with Gasteiger partial charge in [0, 0.05) is 5.69 Å². The van der Waals surface area contributed by atoms with E-state index in [9.17, 15) is 4.39 Å². The largest absolute Gasteiger partial charge is 0.497 e. The number of methoxy groups -OCH3 is 1. The first kappa shape index (κ1) is 20.9. The molecular formula is C26H24FN5O. The molecule has 4 aromatic rings. The normalized spacial score (nSPS) is 17.8. The van der Waals surface area contributed by atoms with E-state index in [4.69, 9.17) is 4.74 Å². The van der Waals surface area contributed by atoms with E-state index >= 15 is 0 Å². The summed E-state index contributed by atoms with van der Waals surface area (Å²) in [6.45, 7) is 2.20. The Bertz CT molecular complexity index is 1250. The number of aromatic amines is 1. The summed E-state index contributed by atoms with van der Waals surface area (Å²) < 4.78 is 19.1. The second kappa shape index (κ2) is 8.86. The van der Waals surface area contributed by atoms with Crippen molar-refractivity contribution in [2.75, 3.05) is 12.0 Å². The average molecular weight is 442 g/mol. The fraction of sp³-hybridized carbons (Fsp3) is 0.192. The summed E-state index contributed by atoms with van der Waals surface area (Å²) in [4.78, 5) is 2.37. The van der Waals surface area contributed by atoms with Crippen molar-refractivity contribution < 1.29 is 9.13 Å². The highest BCUT2D eigenvalue weighted by Crippen LogP contribution is 2.44. The molecule has 1 aliphatic rings. The molecule has 2 atom stereocenters. The van der Waals surface area contributed by atoms with Crippen molar-refractivity contribution in [3.63, 3.8) is 0 Å². The average Bonchev–Trinajstić information content (AvgIpc) is 3.37. The third-order valence-electron chi connectivity index (χ3n) is 6.20. The van der Waals surface area contributed by atoms with Gasteiger partial charge in [-0.05, 0) is 83.3 Å². The molecule has 0 spiro atoms. The first-order chi connectivity index (χ1) is 16.1. The second-order valence-electron chi connectivity index (χ2n) is 8.11. The molecule has 0 aliphatic carbocycles. The van der Waals surface area contributed by atoms with Crippen LogP contribution in [0.2, 0.25) is 0 Å². The van der Waals surface area contributed by atoms with E-state index in [1.165, 1.54) is 28.8 Å². The molecule has 166 valence electrons. The highest BCUT2D eigenvalue weighted by molar-refractivity contribution is 5.66. The zero-order valence-corrected chi connectivity index (χ0v) is 18.4. The van der Waals surface area contributed by atoms with Crippen LogP contribution in [0.15, 0.2) is 66.7 Å². The predicted molar refractivity (Wildman–Crippen MR) is 126 cm³/mol. The van der Waals surface area contributed by atoms with Gasteiger partial charge in [0.15, 0.2) is 5.82 Å². The second-order valence-corrected chi connectivity index (χ2v) is 8.11. The van der Waals surface area contributed by atoms with Crippen LogP contribution in [0, 0.1) is 5.82 Å². The zero-order valence-electron chi connectivity index (χ0n) is 18.4. The number of ether oxygens (including phenoxy) is 1. The van der Waals surface area contributed by atoms with Crippen LogP contribution in [0.4, 0.5) is 10.1 Å². The number of anilines is 1. The molecule has 1 N–H and O–H groups in total. The number of nitrogens with one attached hydrogen (secondary N) is 1. The van der Waals surface area contributed by atoms with Gasteiger partial charge in [-0.25, -0.2) is 4.39 Å². The predicted octanol–water partition coefficient (Wildman–Crippen LogP) is 5.38. The number of hydrogen-bond acceptors (Lipinski definition) is 5. The van der Waals surface area contributed by atoms with Crippen LogP contribution >= 0.6 is 0 Å². The fourth-order valence-electron chi connectivity index (χ4n) is 4.56. The molecule has 0 radical (unpaired) electrons. The van der Waals surface area contributed by atoms with Gasteiger partial charge in [-0.1, -0.05) is 36.4 Å². The summed E-state index contributed by atoms with van der Waals surface area (Å²) in [5, 5.41) is 13.9. The molecule has 6 nitrogen and oxygen atoms in total. The molecular weight excluding hydrogens is 417 g/mol. The van der Waals surface area contributed by atoms with Crippen molar-refractivity contribution in [2.24, 2.45) is 0 Å². The molecule has 2 unspecified atom stereocenters. The van der Waals surface area contributed by atoms with Gasteiger partial charge in [0.05, 0.1) is 19.2 Å². The van der Waals surface area contributed by atoms with Crippen LogP contribution < -0.4 is 9.64 Å². The molecule has 0 saturated carbocycles. The van der Waals surface area contributed by atoms with Crippen LogP contribution in [0.3, 0.4) is 0 Å². The van der Waals surface area contributed by atoms with Crippen molar-refractivity contribution >= 4 is 17.8 Å². The summed E-state index contributed by atoms with van der Waals surface area (Å²) in [7, 11) is 1.69. The van der Waals surface area contributed by atoms with Gasteiger partial charge < -0.3 is 9.64 Å². The van der Waals surface area contributed by atoms with Crippen LogP contribution in [0.5, 0.6) is 5.75 Å². The van der Waals surface area contributed by atoms with Crippen LogP contribution in [0.25, 0.3) is 12.2 Å². The summed E-state index contributed by atoms with van der Waals surface area (Å²) in [6.07, 6.45) is 4.59. The molecule has 2 heterocycles. The molecule has 0 amide bonds. The molecule has 33 heavy (non-hydrogen) atoms. The first-order valence-corrected chi connectivity index (χ1v) is 10.8. The summed E-state index contributed by atoms with van der Waals surface area (Å²) >= 11 is 0. The minimum Gasteiger partial charge on any atom is -0.497 e. The monoisotopic (exact) mass is 441 g/mol. The number of hydrogen-bond donors (Lipinski definition) is 1. The van der Waals surface area contributed by atoms with E-state index in [0.29, 0.717) is 5.82 Å². The van der Waals surface area contributed by atoms with E-state index in [-0.39, 0.29) is 17.9 Å². The summed E-state index contributed by atoms with van der Waals surface area (Å²) in [5.41, 5.74) is 5.76. The van der Waals surface area contributed by atoms with Crippen LogP contribution in [-0.4, -0.2) is 27.7 Å². The van der Waals surface area contributed by atoms with Crippen molar-refractivity contribution in [1.82, 2.24) is 20.6 Å². The molecule has 3 aromatic carbocycles. The molecule has 0 fully saturated rings. The Balaban J connectivity index is 1.51. The number of halogens is 1. The van der Waals surface area contributed by atoms with Gasteiger partial charge >= 0.3 is 0 Å². The Morgan fingerprint density at radius 3 is 2.52 bits per heavy atom. The van der Waals surface area contributed by atoms with E-state index in [0.717, 1.165) is 23.4 Å². The lowest BCUT2D eigenvalue weighted by molar-refractivity contribution is 0.412. The van der Waals surface area contributed by atoms with Crippen molar-refractivity contribution in [3.05, 3.63) is 101 Å². The number of rotatable bonds is 5. The lowest BCUT2D eigenvalue weighted by Gasteiger charge is -2.44. The highest BCUT2D eigenvalue weighted by atomic mass is 19.1. The molecule has 7 heteroatoms. The molecule has 1 aromatic heterocycles. The smallest absolute Gasteiger partial charge is 0.197 e. The quantitative estimate of drug-likeness (QED) is 0.450. The number of nitrogens with zero attached hydrogens (tertiary/aromatic N) is 4. The summed E-state index contributed by atoms with van der Waals surface area (Å²) in [6, 6.07) is 21.7. The third-order valence-corrected chi connectivity index (χ3v) is 6.20. The van der Waals surface area contributed by atoms with Gasteiger partial charge in [-0.2, -0.15) is 5.21 Å². The van der Waals surface area contributed by atoms with Crippen molar-refractivity contribution in [3.8, 4) is 5.75 Å². The number of H-pyrrole nitrogens is 1. The van der Waals surface area contributed by atoms with Crippen molar-refractivity contribution in [1.29, 1.82) is 0 Å². The Hall–Kier alpha value is -4.00. The number of fused-ring (bicyclic) bond motifs is 1. The van der Waals surface area contributed by atoms with E-state index < -0.39 is 0 Å². The SMILES string of the molecule is COc1ccc2c(c1)CC(c1ccc(/C=C/c3nn[nH]n3)cc1)N(c1ccc(F)cc1)C2C. The lowest BCUT2D eigenvalue weighted by Crippen LogP contribution is -2.37. The minimum absolute atomic E-state index is 0.0975. The van der Waals surface area contributed by atoms with Gasteiger partial charge in [-0.15, -0.1) is 10.2 Å². The van der Waals surface area contributed by atoms with E-state index in [1.54, 1.807) is 7.11 Å². The Morgan fingerprint density at radius 2 is 1.82 bits per heavy atom. The van der Waals surface area contributed by atoms with Crippen molar-refractivity contribution in [2.45, 2.75) is 25.4 Å². The zero-order chi connectivity index (χ0) is 22.8. The summed E-state index contributed by atoms with van der Waals surface area (Å²) in [5.74, 6) is 1.16. The topological polar surface area (TPSA) is 66.9 Å². The van der Waals surface area contributed by atoms with Gasteiger partial charge in [0.25, 0.3) is 0 Å². The van der Waals surface area contributed by atoms with Gasteiger partial charge in [-0.3, -0.25) is 0 Å². The third kappa shape index (κ3) is 4.22. The molecule has 1 aliphatic heterocycles. The number of tetrazole rings is 1. The van der Waals surface area contributed by atoms with E-state index in [1.807, 2.05) is 30.4 Å². The maximum absolute atomic E-state index is 13.7. The Labute approximate surface area is 191 Å². The van der Waals surface area contributed by atoms with Gasteiger partial charge in [0.1, 0.15) is 11.6 Å². The van der Waals surface area contributed by atoms with Crippen LogP contribution in [-0.2, 0) is 6.42 Å². The first-order valence-electron chi connectivity index (χ1n) is 10.8. The van der Waals surface area contributed by atoms with Gasteiger partial charge in [0.2, 0.25) is 0 Å². The maximum atomic E-state index is 13.7.